The lowest BCUT2D eigenvalue weighted by molar-refractivity contribution is 0.764. The van der Waals surface area contributed by atoms with Crippen LogP contribution in [0.1, 0.15) is 28.5 Å². The van der Waals surface area contributed by atoms with Crippen molar-refractivity contribution in [2.45, 2.75) is 25.7 Å². The van der Waals surface area contributed by atoms with Crippen molar-refractivity contribution in [3.63, 3.8) is 0 Å². The number of aromatic nitrogens is 3. The third kappa shape index (κ3) is 2.06. The number of benzene rings is 1. The fraction of sp³-hybridized carbons (Fsp3) is 0.250. The average molecular weight is 281 g/mol. The lowest BCUT2D eigenvalue weighted by Gasteiger charge is -2.00. The van der Waals surface area contributed by atoms with Gasteiger partial charge in [-0.25, -0.2) is 9.67 Å². The summed E-state index contributed by atoms with van der Waals surface area (Å²) in [4.78, 5) is 6.17. The first kappa shape index (κ1) is 11.9. The Morgan fingerprint density at radius 1 is 1.10 bits per heavy atom. The topological polar surface area (TPSA) is 30.7 Å². The summed E-state index contributed by atoms with van der Waals surface area (Å²) in [5, 5.41) is 6.88. The third-order valence-corrected chi connectivity index (χ3v) is 4.65. The lowest BCUT2D eigenvalue weighted by atomic mass is 10.1. The highest BCUT2D eigenvalue weighted by Gasteiger charge is 2.18. The van der Waals surface area contributed by atoms with Crippen molar-refractivity contribution in [3.8, 4) is 5.69 Å². The maximum absolute atomic E-state index is 4.74. The minimum atomic E-state index is 0.806. The Morgan fingerprint density at radius 3 is 2.90 bits per heavy atom. The molecule has 0 amide bonds. The van der Waals surface area contributed by atoms with Gasteiger partial charge in [0, 0.05) is 17.7 Å². The van der Waals surface area contributed by atoms with Crippen LogP contribution >= 0.6 is 11.3 Å². The molecular formula is C16H15N3S. The van der Waals surface area contributed by atoms with E-state index in [0.29, 0.717) is 0 Å². The molecule has 3 nitrogen and oxygen atoms in total. The first-order valence-electron chi connectivity index (χ1n) is 6.95. The molecule has 3 aromatic rings. The lowest BCUT2D eigenvalue weighted by Crippen LogP contribution is -2.00. The molecule has 0 spiro atoms. The summed E-state index contributed by atoms with van der Waals surface area (Å²) in [7, 11) is 0. The normalized spacial score (nSPS) is 13.6. The van der Waals surface area contributed by atoms with E-state index in [-0.39, 0.29) is 0 Å². The van der Waals surface area contributed by atoms with Crippen LogP contribution in [0.3, 0.4) is 0 Å². The van der Waals surface area contributed by atoms with Crippen molar-refractivity contribution < 1.29 is 0 Å². The number of hydrogen-bond acceptors (Lipinski definition) is 3. The molecule has 0 N–H and O–H groups in total. The van der Waals surface area contributed by atoms with E-state index >= 15 is 0 Å². The van der Waals surface area contributed by atoms with Gasteiger partial charge in [0.15, 0.2) is 5.82 Å². The molecule has 3 heterocycles. The molecule has 0 atom stereocenters. The molecule has 1 aliphatic heterocycles. The number of aryl methyl sites for hydroxylation is 2. The summed E-state index contributed by atoms with van der Waals surface area (Å²) in [6, 6.07) is 12.6. The maximum Gasteiger partial charge on any atom is 0.155 e. The van der Waals surface area contributed by atoms with Gasteiger partial charge < -0.3 is 0 Å². The van der Waals surface area contributed by atoms with Gasteiger partial charge in [-0.2, -0.15) is 5.10 Å². The summed E-state index contributed by atoms with van der Waals surface area (Å²) in [5.74, 6) is 2.03. The van der Waals surface area contributed by atoms with Crippen LogP contribution in [-0.4, -0.2) is 14.8 Å². The summed E-state index contributed by atoms with van der Waals surface area (Å²) in [6.45, 7) is 0. The molecule has 1 aromatic carbocycles. The van der Waals surface area contributed by atoms with Crippen LogP contribution < -0.4 is 0 Å². The molecule has 0 saturated heterocycles. The number of hydrogen-bond donors (Lipinski definition) is 0. The predicted octanol–water partition coefficient (Wildman–Crippen LogP) is 3.41. The Balaban J connectivity index is 1.72. The SMILES string of the molecule is c1ccc(Cc2nc3n(n2)-c2ccsc2CCC3)cc1. The van der Waals surface area contributed by atoms with E-state index < -0.39 is 0 Å². The second-order valence-electron chi connectivity index (χ2n) is 5.10. The van der Waals surface area contributed by atoms with E-state index in [2.05, 4.69) is 40.4 Å². The van der Waals surface area contributed by atoms with Gasteiger partial charge in [-0.05, 0) is 29.9 Å². The van der Waals surface area contributed by atoms with E-state index in [9.17, 15) is 0 Å². The first-order chi connectivity index (χ1) is 9.90. The Kier molecular flexibility index (Phi) is 2.89. The fourth-order valence-electron chi connectivity index (χ4n) is 2.72. The van der Waals surface area contributed by atoms with Crippen LogP contribution in [0.4, 0.5) is 0 Å². The number of thiophene rings is 1. The van der Waals surface area contributed by atoms with Crippen molar-refractivity contribution in [1.82, 2.24) is 14.8 Å². The molecule has 0 saturated carbocycles. The van der Waals surface area contributed by atoms with E-state index in [1.165, 1.54) is 16.1 Å². The number of nitrogens with zero attached hydrogens (tertiary/aromatic N) is 3. The van der Waals surface area contributed by atoms with Gasteiger partial charge in [0.2, 0.25) is 0 Å². The van der Waals surface area contributed by atoms with Crippen molar-refractivity contribution >= 4 is 11.3 Å². The standard InChI is InChI=1S/C16H15N3S/c1-2-5-12(6-3-1)11-15-17-16-8-4-7-14-13(9-10-20-14)19(16)18-15/h1-3,5-6,9-10H,4,7-8,11H2. The Hall–Kier alpha value is -1.94. The van der Waals surface area contributed by atoms with Crippen molar-refractivity contribution in [3.05, 3.63) is 63.9 Å². The molecule has 1 aliphatic rings. The van der Waals surface area contributed by atoms with Gasteiger partial charge in [-0.3, -0.25) is 0 Å². The van der Waals surface area contributed by atoms with Gasteiger partial charge in [0.25, 0.3) is 0 Å². The third-order valence-electron chi connectivity index (χ3n) is 3.68. The first-order valence-corrected chi connectivity index (χ1v) is 7.83. The molecule has 0 bridgehead atoms. The van der Waals surface area contributed by atoms with Crippen molar-refractivity contribution in [2.24, 2.45) is 0 Å². The zero-order valence-electron chi connectivity index (χ0n) is 11.1. The molecule has 2 aromatic heterocycles. The second-order valence-corrected chi connectivity index (χ2v) is 6.10. The smallest absolute Gasteiger partial charge is 0.155 e. The van der Waals surface area contributed by atoms with Crippen LogP contribution in [0, 0.1) is 0 Å². The zero-order chi connectivity index (χ0) is 13.4. The van der Waals surface area contributed by atoms with Crippen LogP contribution in [0.2, 0.25) is 0 Å². The van der Waals surface area contributed by atoms with E-state index in [0.717, 1.165) is 37.3 Å². The summed E-state index contributed by atoms with van der Waals surface area (Å²) >= 11 is 1.83. The van der Waals surface area contributed by atoms with Gasteiger partial charge in [0.1, 0.15) is 5.82 Å². The largest absolute Gasteiger partial charge is 0.216 e. The molecule has 0 unspecified atom stereocenters. The molecule has 0 fully saturated rings. The molecule has 0 radical (unpaired) electrons. The fourth-order valence-corrected chi connectivity index (χ4v) is 3.62. The summed E-state index contributed by atoms with van der Waals surface area (Å²) in [6.07, 6.45) is 4.13. The predicted molar refractivity (Wildman–Crippen MR) is 80.5 cm³/mol. The highest BCUT2D eigenvalue weighted by atomic mass is 32.1. The number of rotatable bonds is 2. The minimum Gasteiger partial charge on any atom is -0.216 e. The molecule has 100 valence electrons. The quantitative estimate of drug-likeness (QED) is 0.720. The molecule has 0 aliphatic carbocycles. The Bertz CT molecular complexity index is 727. The van der Waals surface area contributed by atoms with Crippen LogP contribution in [0.5, 0.6) is 0 Å². The van der Waals surface area contributed by atoms with Crippen LogP contribution in [0.25, 0.3) is 5.69 Å². The average Bonchev–Trinajstić information content (AvgIpc) is 3.04. The van der Waals surface area contributed by atoms with Crippen molar-refractivity contribution in [1.29, 1.82) is 0 Å². The van der Waals surface area contributed by atoms with E-state index in [1.807, 2.05) is 17.4 Å². The molecule has 20 heavy (non-hydrogen) atoms. The molecule has 4 rings (SSSR count). The van der Waals surface area contributed by atoms with Gasteiger partial charge in [-0.15, -0.1) is 11.3 Å². The molecular weight excluding hydrogens is 266 g/mol. The monoisotopic (exact) mass is 281 g/mol. The van der Waals surface area contributed by atoms with Gasteiger partial charge in [0.05, 0.1) is 5.69 Å². The molecule has 4 heteroatoms. The Morgan fingerprint density at radius 2 is 2.00 bits per heavy atom. The van der Waals surface area contributed by atoms with Gasteiger partial charge >= 0.3 is 0 Å². The number of fused-ring (bicyclic) bond motifs is 3. The second kappa shape index (κ2) is 4.87. The van der Waals surface area contributed by atoms with Crippen LogP contribution in [-0.2, 0) is 19.3 Å². The minimum absolute atomic E-state index is 0.806. The van der Waals surface area contributed by atoms with Crippen molar-refractivity contribution in [2.75, 3.05) is 0 Å². The van der Waals surface area contributed by atoms with E-state index in [1.54, 1.807) is 0 Å². The van der Waals surface area contributed by atoms with Gasteiger partial charge in [-0.1, -0.05) is 30.3 Å². The highest BCUT2D eigenvalue weighted by molar-refractivity contribution is 7.10. The summed E-state index contributed by atoms with van der Waals surface area (Å²) < 4.78 is 2.05. The van der Waals surface area contributed by atoms with Crippen LogP contribution in [0.15, 0.2) is 41.8 Å². The zero-order valence-corrected chi connectivity index (χ0v) is 11.9. The maximum atomic E-state index is 4.74. The summed E-state index contributed by atoms with van der Waals surface area (Å²) in [5.41, 5.74) is 2.49. The highest BCUT2D eigenvalue weighted by Crippen LogP contribution is 2.27. The Labute approximate surface area is 121 Å². The van der Waals surface area contributed by atoms with E-state index in [4.69, 9.17) is 10.1 Å².